The highest BCUT2D eigenvalue weighted by atomic mass is 14.9. The molecule has 11 aromatic rings. The molecule has 0 N–H and O–H groups in total. The quantitative estimate of drug-likeness (QED) is 0.166. The number of hydrogen-bond donors (Lipinski definition) is 0. The summed E-state index contributed by atoms with van der Waals surface area (Å²) in [5, 5.41) is 12.6. The van der Waals surface area contributed by atoms with Crippen LogP contribution in [0.5, 0.6) is 0 Å². The van der Waals surface area contributed by atoms with Gasteiger partial charge >= 0.3 is 0 Å². The minimum absolute atomic E-state index is 0.703. The second kappa shape index (κ2) is 13.2. The predicted molar refractivity (Wildman–Crippen MR) is 237 cm³/mol. The first-order valence-corrected chi connectivity index (χ1v) is 19.2. The molecule has 0 bridgehead atoms. The first-order valence-electron chi connectivity index (χ1n) is 19.2. The van der Waals surface area contributed by atoms with Crippen molar-refractivity contribution in [1.82, 2.24) is 9.97 Å². The molecule has 10 aromatic carbocycles. The average Bonchev–Trinajstić information content (AvgIpc) is 3.29. The number of nitrogens with zero attached hydrogens (tertiary/aromatic N) is 2. The Morgan fingerprint density at radius 2 is 0.554 bits per heavy atom. The lowest BCUT2D eigenvalue weighted by atomic mass is 9.83. The van der Waals surface area contributed by atoms with E-state index in [0.29, 0.717) is 5.82 Å². The number of fused-ring (bicyclic) bond motifs is 9. The van der Waals surface area contributed by atoms with E-state index in [-0.39, 0.29) is 0 Å². The molecule has 0 aliphatic heterocycles. The van der Waals surface area contributed by atoms with Crippen LogP contribution in [0.1, 0.15) is 0 Å². The van der Waals surface area contributed by atoms with E-state index in [0.717, 1.165) is 33.6 Å². The Morgan fingerprint density at radius 3 is 1.04 bits per heavy atom. The fourth-order valence-electron chi connectivity index (χ4n) is 8.68. The number of rotatable bonds is 5. The third kappa shape index (κ3) is 5.26. The zero-order chi connectivity index (χ0) is 37.0. The highest BCUT2D eigenvalue weighted by Crippen LogP contribution is 2.46. The Balaban J connectivity index is 1.14. The lowest BCUT2D eigenvalue weighted by molar-refractivity contribution is 1.18. The van der Waals surface area contributed by atoms with E-state index in [9.17, 15) is 0 Å². The molecule has 2 heteroatoms. The number of benzene rings is 10. The first kappa shape index (κ1) is 32.0. The molecule has 2 nitrogen and oxygen atoms in total. The van der Waals surface area contributed by atoms with Crippen molar-refractivity contribution in [2.24, 2.45) is 0 Å². The molecule has 0 amide bonds. The van der Waals surface area contributed by atoms with Gasteiger partial charge in [0.15, 0.2) is 5.82 Å². The lowest BCUT2D eigenvalue weighted by Crippen LogP contribution is -1.96. The van der Waals surface area contributed by atoms with Gasteiger partial charge in [-0.25, -0.2) is 9.97 Å². The standard InChI is InChI=1S/C54H34N2/c1-3-15-35(16-4-1)50-34-51(36-17-5-2-6-18-36)56-54(55-50)38-29-27-37(28-30-38)52-47-25-13-11-22-43(47)44-23-12-14-26-48(44)53(52)39-31-32-46-42-21-8-7-19-40(42)41-20-9-10-24-45(41)49(46)33-39/h1-34H. The van der Waals surface area contributed by atoms with Crippen LogP contribution in [-0.2, 0) is 0 Å². The molecule has 0 saturated carbocycles. The van der Waals surface area contributed by atoms with Gasteiger partial charge in [-0.15, -0.1) is 0 Å². The fraction of sp³-hybridized carbons (Fsp3) is 0. The number of hydrogen-bond acceptors (Lipinski definition) is 2. The predicted octanol–water partition coefficient (Wildman–Crippen LogP) is 14.6. The molecule has 260 valence electrons. The van der Waals surface area contributed by atoms with E-state index in [1.807, 2.05) is 12.1 Å². The van der Waals surface area contributed by atoms with Crippen molar-refractivity contribution < 1.29 is 0 Å². The topological polar surface area (TPSA) is 25.8 Å². The van der Waals surface area contributed by atoms with Gasteiger partial charge in [-0.1, -0.05) is 194 Å². The summed E-state index contributed by atoms with van der Waals surface area (Å²) in [5.74, 6) is 0.703. The molecule has 11 rings (SSSR count). The maximum atomic E-state index is 5.12. The maximum Gasteiger partial charge on any atom is 0.160 e. The van der Waals surface area contributed by atoms with Crippen molar-refractivity contribution in [3.63, 3.8) is 0 Å². The van der Waals surface area contributed by atoms with Gasteiger partial charge in [0.05, 0.1) is 11.4 Å². The summed E-state index contributed by atoms with van der Waals surface area (Å²) in [6.07, 6.45) is 0. The zero-order valence-electron chi connectivity index (χ0n) is 30.5. The fourth-order valence-corrected chi connectivity index (χ4v) is 8.68. The molecule has 0 fully saturated rings. The maximum absolute atomic E-state index is 5.12. The Kier molecular flexibility index (Phi) is 7.53. The molecule has 0 radical (unpaired) electrons. The van der Waals surface area contributed by atoms with Crippen LogP contribution in [0.4, 0.5) is 0 Å². The van der Waals surface area contributed by atoms with E-state index >= 15 is 0 Å². The second-order valence-electron chi connectivity index (χ2n) is 14.5. The van der Waals surface area contributed by atoms with Crippen molar-refractivity contribution in [3.05, 3.63) is 206 Å². The van der Waals surface area contributed by atoms with Crippen molar-refractivity contribution in [1.29, 1.82) is 0 Å². The molecule has 0 spiro atoms. The summed E-state index contributed by atoms with van der Waals surface area (Å²) in [5.41, 5.74) is 9.71. The Bertz CT molecular complexity index is 3180. The summed E-state index contributed by atoms with van der Waals surface area (Å²) in [6, 6.07) is 74.1. The highest BCUT2D eigenvalue weighted by Gasteiger charge is 2.19. The van der Waals surface area contributed by atoms with Gasteiger partial charge in [0, 0.05) is 16.7 Å². The van der Waals surface area contributed by atoms with Gasteiger partial charge in [0.1, 0.15) is 0 Å². The normalized spacial score (nSPS) is 11.6. The van der Waals surface area contributed by atoms with E-state index in [1.54, 1.807) is 0 Å². The largest absolute Gasteiger partial charge is 0.228 e. The zero-order valence-corrected chi connectivity index (χ0v) is 30.5. The van der Waals surface area contributed by atoms with Crippen molar-refractivity contribution in [2.75, 3.05) is 0 Å². The van der Waals surface area contributed by atoms with Gasteiger partial charge < -0.3 is 0 Å². The van der Waals surface area contributed by atoms with Gasteiger partial charge in [-0.05, 0) is 88.2 Å². The number of aromatic nitrogens is 2. The molecular weight excluding hydrogens is 677 g/mol. The molecule has 0 unspecified atom stereocenters. The van der Waals surface area contributed by atoms with Crippen LogP contribution >= 0.6 is 0 Å². The van der Waals surface area contributed by atoms with Crippen LogP contribution in [0.15, 0.2) is 206 Å². The molecule has 1 aromatic heterocycles. The summed E-state index contributed by atoms with van der Waals surface area (Å²) >= 11 is 0. The van der Waals surface area contributed by atoms with E-state index in [2.05, 4.69) is 194 Å². The third-order valence-corrected chi connectivity index (χ3v) is 11.3. The van der Waals surface area contributed by atoms with Crippen molar-refractivity contribution in [2.45, 2.75) is 0 Å². The SMILES string of the molecule is c1ccc(-c2cc(-c3ccccc3)nc(-c3ccc(-c4c(-c5ccc6c7ccccc7c7ccccc7c6c5)c5ccccc5c5ccccc45)cc3)n2)cc1. The van der Waals surface area contributed by atoms with Crippen LogP contribution in [0.2, 0.25) is 0 Å². The minimum Gasteiger partial charge on any atom is -0.228 e. The van der Waals surface area contributed by atoms with Gasteiger partial charge in [0.2, 0.25) is 0 Å². The average molecular weight is 711 g/mol. The second-order valence-corrected chi connectivity index (χ2v) is 14.5. The molecule has 0 saturated heterocycles. The molecule has 0 atom stereocenters. The summed E-state index contributed by atoms with van der Waals surface area (Å²) in [6.45, 7) is 0. The Labute approximate surface area is 325 Å². The smallest absolute Gasteiger partial charge is 0.160 e. The molecule has 56 heavy (non-hydrogen) atoms. The lowest BCUT2D eigenvalue weighted by Gasteiger charge is -2.20. The van der Waals surface area contributed by atoms with E-state index in [4.69, 9.17) is 9.97 Å². The van der Waals surface area contributed by atoms with Crippen molar-refractivity contribution in [3.8, 4) is 56.2 Å². The van der Waals surface area contributed by atoms with Crippen LogP contribution in [0.25, 0.3) is 110 Å². The Morgan fingerprint density at radius 1 is 0.214 bits per heavy atom. The molecule has 1 heterocycles. The summed E-state index contributed by atoms with van der Waals surface area (Å²) in [4.78, 5) is 10.2. The molecule has 0 aliphatic carbocycles. The van der Waals surface area contributed by atoms with Crippen LogP contribution < -0.4 is 0 Å². The van der Waals surface area contributed by atoms with Gasteiger partial charge in [-0.2, -0.15) is 0 Å². The monoisotopic (exact) mass is 710 g/mol. The first-order chi connectivity index (χ1) is 27.8. The van der Waals surface area contributed by atoms with Crippen LogP contribution in [0.3, 0.4) is 0 Å². The third-order valence-electron chi connectivity index (χ3n) is 11.3. The summed E-state index contributed by atoms with van der Waals surface area (Å²) < 4.78 is 0. The van der Waals surface area contributed by atoms with Gasteiger partial charge in [-0.3, -0.25) is 0 Å². The van der Waals surface area contributed by atoms with Crippen LogP contribution in [0, 0.1) is 0 Å². The Hall–Kier alpha value is -7.42. The van der Waals surface area contributed by atoms with Crippen molar-refractivity contribution >= 4 is 53.9 Å². The minimum atomic E-state index is 0.703. The molecule has 0 aliphatic rings. The highest BCUT2D eigenvalue weighted by molar-refractivity contribution is 6.27. The van der Waals surface area contributed by atoms with Crippen LogP contribution in [-0.4, -0.2) is 9.97 Å². The van der Waals surface area contributed by atoms with Gasteiger partial charge in [0.25, 0.3) is 0 Å². The molecular formula is C54H34N2. The van der Waals surface area contributed by atoms with E-state index < -0.39 is 0 Å². The van der Waals surface area contributed by atoms with E-state index in [1.165, 1.54) is 70.6 Å². The summed E-state index contributed by atoms with van der Waals surface area (Å²) in [7, 11) is 0.